The van der Waals surface area contributed by atoms with Crippen LogP contribution in [0, 0.1) is 0 Å². The Morgan fingerprint density at radius 2 is 1.53 bits per heavy atom. The Labute approximate surface area is 192 Å². The molecule has 3 heterocycles. The molecule has 9 heteroatoms. The highest BCUT2D eigenvalue weighted by atomic mass is 16.7. The van der Waals surface area contributed by atoms with Gasteiger partial charge < -0.3 is 23.8 Å². The molecule has 0 spiro atoms. The number of likely N-dealkylation sites (tertiary alicyclic amines) is 1. The summed E-state index contributed by atoms with van der Waals surface area (Å²) in [7, 11) is -0.458. The molecule has 2 aliphatic heterocycles. The number of carbonyl (C=O) groups excluding carboxylic acids is 1. The van der Waals surface area contributed by atoms with Gasteiger partial charge in [-0.05, 0) is 74.1 Å². The van der Waals surface area contributed by atoms with Gasteiger partial charge >= 0.3 is 13.2 Å². The summed E-state index contributed by atoms with van der Waals surface area (Å²) in [5, 5.41) is 0. The maximum absolute atomic E-state index is 12.4. The fourth-order valence-corrected chi connectivity index (χ4v) is 4.20. The first-order chi connectivity index (χ1) is 14.9. The second-order valence-electron chi connectivity index (χ2n) is 11.2. The number of anilines is 1. The van der Waals surface area contributed by atoms with Gasteiger partial charge in [0.2, 0.25) is 5.95 Å². The average Bonchev–Trinajstić information content (AvgIpc) is 3.48. The number of nitrogens with zero attached hydrogens (tertiary/aromatic N) is 4. The van der Waals surface area contributed by atoms with Crippen molar-refractivity contribution >= 4 is 24.6 Å². The Bertz CT molecular complexity index is 811. The van der Waals surface area contributed by atoms with E-state index >= 15 is 0 Å². The molecule has 2 saturated heterocycles. The van der Waals surface area contributed by atoms with E-state index in [0.717, 1.165) is 37.1 Å². The van der Waals surface area contributed by atoms with E-state index in [1.807, 2.05) is 65.8 Å². The van der Waals surface area contributed by atoms with Crippen LogP contribution in [0.3, 0.4) is 0 Å². The summed E-state index contributed by atoms with van der Waals surface area (Å²) in [6.45, 7) is 15.2. The summed E-state index contributed by atoms with van der Waals surface area (Å²) in [4.78, 5) is 26.0. The van der Waals surface area contributed by atoms with Gasteiger partial charge in [-0.2, -0.15) is 0 Å². The first kappa shape index (κ1) is 23.3. The van der Waals surface area contributed by atoms with E-state index in [4.69, 9.17) is 24.0 Å². The number of hydrogen-bond acceptors (Lipinski definition) is 7. The van der Waals surface area contributed by atoms with Crippen LogP contribution < -0.4 is 10.4 Å². The van der Waals surface area contributed by atoms with Crippen molar-refractivity contribution in [2.24, 2.45) is 0 Å². The maximum atomic E-state index is 12.4. The van der Waals surface area contributed by atoms with E-state index in [1.54, 1.807) is 0 Å². The predicted octanol–water partition coefficient (Wildman–Crippen LogP) is 3.14. The zero-order chi connectivity index (χ0) is 23.3. The number of amides is 1. The molecule has 0 bridgehead atoms. The van der Waals surface area contributed by atoms with Gasteiger partial charge in [-0.15, -0.1) is 0 Å². The lowest BCUT2D eigenvalue weighted by Gasteiger charge is -2.39. The van der Waals surface area contributed by atoms with E-state index < -0.39 is 23.9 Å². The Balaban J connectivity index is 1.41. The number of aromatic nitrogens is 2. The van der Waals surface area contributed by atoms with Crippen LogP contribution in [0.2, 0.25) is 0 Å². The quantitative estimate of drug-likeness (QED) is 0.661. The first-order valence-electron chi connectivity index (χ1n) is 11.8. The van der Waals surface area contributed by atoms with Crippen molar-refractivity contribution in [1.82, 2.24) is 14.9 Å². The van der Waals surface area contributed by atoms with Gasteiger partial charge in [-0.1, -0.05) is 0 Å². The second kappa shape index (κ2) is 8.17. The van der Waals surface area contributed by atoms with Gasteiger partial charge in [0.25, 0.3) is 0 Å². The molecule has 4 rings (SSSR count). The molecule has 0 aromatic carbocycles. The average molecular weight is 444 g/mol. The Morgan fingerprint density at radius 1 is 1.03 bits per heavy atom. The number of rotatable bonds is 4. The zero-order valence-electron chi connectivity index (χ0n) is 20.6. The molecule has 8 nitrogen and oxygen atoms in total. The van der Waals surface area contributed by atoms with Crippen molar-refractivity contribution in [1.29, 1.82) is 0 Å². The highest BCUT2D eigenvalue weighted by Crippen LogP contribution is 2.37. The third-order valence-electron chi connectivity index (χ3n) is 6.86. The smallest absolute Gasteiger partial charge is 0.444 e. The van der Waals surface area contributed by atoms with Crippen molar-refractivity contribution in [3.8, 4) is 0 Å². The van der Waals surface area contributed by atoms with Crippen LogP contribution in [0.15, 0.2) is 12.4 Å². The van der Waals surface area contributed by atoms with E-state index in [-0.39, 0.29) is 6.09 Å². The topological polar surface area (TPSA) is 77.0 Å². The molecule has 1 saturated carbocycles. The second-order valence-corrected chi connectivity index (χ2v) is 11.2. The highest BCUT2D eigenvalue weighted by molar-refractivity contribution is 6.61. The third-order valence-corrected chi connectivity index (χ3v) is 6.86. The lowest BCUT2D eigenvalue weighted by Crippen LogP contribution is -2.49. The number of ether oxygens (including phenoxy) is 1. The molecule has 3 aliphatic rings. The summed E-state index contributed by atoms with van der Waals surface area (Å²) in [5.74, 6) is 0.753. The van der Waals surface area contributed by atoms with Gasteiger partial charge in [0, 0.05) is 43.0 Å². The van der Waals surface area contributed by atoms with E-state index in [0.29, 0.717) is 25.2 Å². The summed E-state index contributed by atoms with van der Waals surface area (Å²) < 4.78 is 17.8. The third kappa shape index (κ3) is 4.88. The Hall–Kier alpha value is -1.87. The molecule has 1 aromatic heterocycles. The molecule has 0 N–H and O–H groups in total. The van der Waals surface area contributed by atoms with Crippen LogP contribution in [-0.4, -0.2) is 70.1 Å². The lowest BCUT2D eigenvalue weighted by atomic mass is 9.81. The molecule has 1 amide bonds. The molecule has 3 fully saturated rings. The van der Waals surface area contributed by atoms with Crippen LogP contribution in [0.25, 0.3) is 0 Å². The van der Waals surface area contributed by atoms with Crippen LogP contribution >= 0.6 is 0 Å². The molecular formula is C23H37BN4O4. The monoisotopic (exact) mass is 444 g/mol. The van der Waals surface area contributed by atoms with Crippen LogP contribution in [0.5, 0.6) is 0 Å². The zero-order valence-corrected chi connectivity index (χ0v) is 20.6. The van der Waals surface area contributed by atoms with Gasteiger partial charge in [-0.25, -0.2) is 14.8 Å². The molecule has 1 aliphatic carbocycles. The molecule has 32 heavy (non-hydrogen) atoms. The minimum atomic E-state index is -0.471. The number of piperidine rings is 1. The van der Waals surface area contributed by atoms with Gasteiger partial charge in [-0.3, -0.25) is 0 Å². The molecule has 1 aromatic rings. The Kier molecular flexibility index (Phi) is 5.95. The normalized spacial score (nSPS) is 23.3. The van der Waals surface area contributed by atoms with Gasteiger partial charge in [0.05, 0.1) is 11.2 Å². The number of carbonyl (C=O) groups is 1. The molecule has 0 radical (unpaired) electrons. The summed E-state index contributed by atoms with van der Waals surface area (Å²) in [5.41, 5.74) is -0.416. The highest BCUT2D eigenvalue weighted by Gasteiger charge is 2.52. The molecule has 0 atom stereocenters. The fraction of sp³-hybridized carbons (Fsp3) is 0.783. The van der Waals surface area contributed by atoms with E-state index in [1.165, 1.54) is 0 Å². The summed E-state index contributed by atoms with van der Waals surface area (Å²) in [6.07, 6.45) is 7.53. The summed E-state index contributed by atoms with van der Waals surface area (Å²) in [6, 6.07) is 0.805. The van der Waals surface area contributed by atoms with Crippen molar-refractivity contribution in [3.05, 3.63) is 12.4 Å². The predicted molar refractivity (Wildman–Crippen MR) is 124 cm³/mol. The van der Waals surface area contributed by atoms with Crippen molar-refractivity contribution in [3.63, 3.8) is 0 Å². The lowest BCUT2D eigenvalue weighted by molar-refractivity contribution is 0.00578. The molecule has 176 valence electrons. The largest absolute Gasteiger partial charge is 0.498 e. The van der Waals surface area contributed by atoms with Gasteiger partial charge in [0.1, 0.15) is 5.60 Å². The standard InChI is InChI=1S/C23H37BN4O4/c1-21(2,3)30-20(29)27-12-10-18(11-13-27)28(17-8-9-17)19-25-14-16(15-26-19)24-31-22(4,5)23(6,7)32-24/h14-15,17-18H,8-13H2,1-7H3. The van der Waals surface area contributed by atoms with Crippen LogP contribution in [0.4, 0.5) is 10.7 Å². The summed E-state index contributed by atoms with van der Waals surface area (Å²) >= 11 is 0. The molecule has 0 unspecified atom stereocenters. The maximum Gasteiger partial charge on any atom is 0.498 e. The minimum absolute atomic E-state index is 0.225. The van der Waals surface area contributed by atoms with Crippen LogP contribution in [-0.2, 0) is 14.0 Å². The fourth-order valence-electron chi connectivity index (χ4n) is 4.20. The van der Waals surface area contributed by atoms with E-state index in [9.17, 15) is 4.79 Å². The van der Waals surface area contributed by atoms with Crippen molar-refractivity contribution in [2.45, 2.75) is 103 Å². The van der Waals surface area contributed by atoms with E-state index in [2.05, 4.69) is 4.90 Å². The Morgan fingerprint density at radius 3 is 2.00 bits per heavy atom. The van der Waals surface area contributed by atoms with Crippen molar-refractivity contribution in [2.75, 3.05) is 18.0 Å². The molecular weight excluding hydrogens is 407 g/mol. The van der Waals surface area contributed by atoms with Crippen LogP contribution in [0.1, 0.15) is 74.1 Å². The van der Waals surface area contributed by atoms with Crippen molar-refractivity contribution < 1.29 is 18.8 Å². The number of hydrogen-bond donors (Lipinski definition) is 0. The van der Waals surface area contributed by atoms with Gasteiger partial charge in [0.15, 0.2) is 0 Å². The minimum Gasteiger partial charge on any atom is -0.444 e. The first-order valence-corrected chi connectivity index (χ1v) is 11.8. The SMILES string of the molecule is CC(C)(C)OC(=O)N1CCC(N(c2ncc(B3OC(C)(C)C(C)(C)O3)cn2)C2CC2)CC1.